The molecule has 1 aliphatic carbocycles. The maximum Gasteiger partial charge on any atom is 0.279 e. The molecule has 136 valence electrons. The largest absolute Gasteiger partial charge is 0.373 e. The van der Waals surface area contributed by atoms with E-state index in [0.29, 0.717) is 24.4 Å². The molecule has 1 saturated carbocycles. The Labute approximate surface area is 142 Å². The van der Waals surface area contributed by atoms with Gasteiger partial charge in [-0.1, -0.05) is 27.2 Å². The van der Waals surface area contributed by atoms with Crippen molar-refractivity contribution in [1.82, 2.24) is 9.03 Å². The van der Waals surface area contributed by atoms with Gasteiger partial charge in [0.15, 0.2) is 0 Å². The molecule has 0 radical (unpaired) electrons. The van der Waals surface area contributed by atoms with E-state index in [2.05, 4.69) is 25.5 Å². The molecule has 6 heteroatoms. The SMILES string of the molecule is CCC(C)(C)C1CCC(NS(=O)(=O)N2C[C@H](C)O[C@@H](C)C2)CC1. The predicted octanol–water partition coefficient (Wildman–Crippen LogP) is 2.93. The van der Waals surface area contributed by atoms with Crippen molar-refractivity contribution in [3.63, 3.8) is 0 Å². The number of rotatable bonds is 5. The van der Waals surface area contributed by atoms with Crippen LogP contribution in [0.1, 0.15) is 66.7 Å². The van der Waals surface area contributed by atoms with E-state index in [9.17, 15) is 8.42 Å². The van der Waals surface area contributed by atoms with Gasteiger partial charge in [-0.05, 0) is 50.9 Å². The van der Waals surface area contributed by atoms with Gasteiger partial charge in [-0.3, -0.25) is 0 Å². The van der Waals surface area contributed by atoms with Gasteiger partial charge < -0.3 is 4.74 Å². The fourth-order valence-corrected chi connectivity index (χ4v) is 5.51. The third kappa shape index (κ3) is 4.91. The van der Waals surface area contributed by atoms with E-state index < -0.39 is 10.2 Å². The lowest BCUT2D eigenvalue weighted by atomic mass is 9.69. The fourth-order valence-electron chi connectivity index (χ4n) is 3.89. The van der Waals surface area contributed by atoms with Gasteiger partial charge in [-0.25, -0.2) is 0 Å². The molecule has 0 aromatic rings. The van der Waals surface area contributed by atoms with Gasteiger partial charge in [-0.15, -0.1) is 0 Å². The molecule has 5 nitrogen and oxygen atoms in total. The zero-order valence-corrected chi connectivity index (χ0v) is 16.2. The number of ether oxygens (including phenoxy) is 1. The lowest BCUT2D eigenvalue weighted by molar-refractivity contribution is -0.0445. The summed E-state index contributed by atoms with van der Waals surface area (Å²) in [6, 6.07) is 0.0809. The highest BCUT2D eigenvalue weighted by molar-refractivity contribution is 7.87. The Bertz CT molecular complexity index is 474. The molecule has 0 amide bonds. The average Bonchev–Trinajstić information content (AvgIpc) is 2.46. The van der Waals surface area contributed by atoms with E-state index in [1.165, 1.54) is 6.42 Å². The van der Waals surface area contributed by atoms with Crippen LogP contribution in [0.2, 0.25) is 0 Å². The third-order valence-corrected chi connectivity index (χ3v) is 7.39. The van der Waals surface area contributed by atoms with Crippen molar-refractivity contribution >= 4 is 10.2 Å². The summed E-state index contributed by atoms with van der Waals surface area (Å²) in [5.74, 6) is 0.705. The standard InChI is InChI=1S/C17H34N2O3S/c1-6-17(4,5)15-7-9-16(10-8-15)18-23(20,21)19-11-13(2)22-14(3)12-19/h13-16,18H,6-12H2,1-5H3/t13-,14-,15?,16?/m0/s1. The molecule has 0 spiro atoms. The summed E-state index contributed by atoms with van der Waals surface area (Å²) in [5, 5.41) is 0. The molecule has 1 aliphatic heterocycles. The Morgan fingerprint density at radius 2 is 1.61 bits per heavy atom. The molecular formula is C17H34N2O3S. The molecule has 1 saturated heterocycles. The minimum Gasteiger partial charge on any atom is -0.373 e. The lowest BCUT2D eigenvalue weighted by Crippen LogP contribution is -2.54. The van der Waals surface area contributed by atoms with Gasteiger partial charge in [0.2, 0.25) is 0 Å². The van der Waals surface area contributed by atoms with Gasteiger partial charge in [0.1, 0.15) is 0 Å². The smallest absolute Gasteiger partial charge is 0.279 e. The summed E-state index contributed by atoms with van der Waals surface area (Å²) >= 11 is 0. The van der Waals surface area contributed by atoms with E-state index in [1.54, 1.807) is 4.31 Å². The van der Waals surface area contributed by atoms with E-state index in [4.69, 9.17) is 4.74 Å². The first kappa shape index (κ1) is 19.2. The molecule has 1 heterocycles. The molecule has 23 heavy (non-hydrogen) atoms. The van der Waals surface area contributed by atoms with Crippen LogP contribution in [0.3, 0.4) is 0 Å². The Morgan fingerprint density at radius 3 is 2.09 bits per heavy atom. The monoisotopic (exact) mass is 346 g/mol. The summed E-state index contributed by atoms with van der Waals surface area (Å²) < 4.78 is 35.4. The lowest BCUT2D eigenvalue weighted by Gasteiger charge is -2.40. The van der Waals surface area contributed by atoms with Crippen LogP contribution in [-0.4, -0.2) is 44.1 Å². The molecule has 0 bridgehead atoms. The molecule has 0 aromatic carbocycles. The van der Waals surface area contributed by atoms with E-state index in [0.717, 1.165) is 25.7 Å². The van der Waals surface area contributed by atoms with Gasteiger partial charge in [0.25, 0.3) is 10.2 Å². The molecule has 1 N–H and O–H groups in total. The first-order valence-electron chi connectivity index (χ1n) is 9.07. The summed E-state index contributed by atoms with van der Waals surface area (Å²) in [6.45, 7) is 11.6. The molecule has 0 aromatic heterocycles. The summed E-state index contributed by atoms with van der Waals surface area (Å²) in [7, 11) is -3.40. The van der Waals surface area contributed by atoms with Crippen LogP contribution in [-0.2, 0) is 14.9 Å². The van der Waals surface area contributed by atoms with Crippen LogP contribution in [0.15, 0.2) is 0 Å². The summed E-state index contributed by atoms with van der Waals surface area (Å²) in [4.78, 5) is 0. The van der Waals surface area contributed by atoms with Crippen molar-refractivity contribution < 1.29 is 13.2 Å². The minimum absolute atomic E-state index is 0.0450. The average molecular weight is 347 g/mol. The van der Waals surface area contributed by atoms with Crippen molar-refractivity contribution in [1.29, 1.82) is 0 Å². The van der Waals surface area contributed by atoms with Gasteiger partial charge in [-0.2, -0.15) is 17.4 Å². The Hall–Kier alpha value is -0.170. The van der Waals surface area contributed by atoms with E-state index >= 15 is 0 Å². The molecule has 0 unspecified atom stereocenters. The van der Waals surface area contributed by atoms with Crippen LogP contribution in [0.25, 0.3) is 0 Å². The molecule has 2 atom stereocenters. The number of nitrogens with one attached hydrogen (secondary N) is 1. The highest BCUT2D eigenvalue weighted by atomic mass is 32.2. The van der Waals surface area contributed by atoms with Gasteiger partial charge >= 0.3 is 0 Å². The second-order valence-electron chi connectivity index (χ2n) is 8.09. The van der Waals surface area contributed by atoms with Crippen LogP contribution in [0, 0.1) is 11.3 Å². The van der Waals surface area contributed by atoms with E-state index in [-0.39, 0.29) is 18.2 Å². The molecular weight excluding hydrogens is 312 g/mol. The van der Waals surface area contributed by atoms with Crippen molar-refractivity contribution in [2.24, 2.45) is 11.3 Å². The van der Waals surface area contributed by atoms with Crippen molar-refractivity contribution in [3.8, 4) is 0 Å². The van der Waals surface area contributed by atoms with E-state index in [1.807, 2.05) is 13.8 Å². The maximum absolute atomic E-state index is 12.6. The van der Waals surface area contributed by atoms with Crippen LogP contribution < -0.4 is 4.72 Å². The number of nitrogens with zero attached hydrogens (tertiary/aromatic N) is 1. The molecule has 2 fully saturated rings. The van der Waals surface area contributed by atoms with Crippen molar-refractivity contribution in [3.05, 3.63) is 0 Å². The highest BCUT2D eigenvalue weighted by Crippen LogP contribution is 2.40. The summed E-state index contributed by atoms with van der Waals surface area (Å²) in [6.07, 6.45) is 5.21. The van der Waals surface area contributed by atoms with Crippen molar-refractivity contribution in [2.75, 3.05) is 13.1 Å². The highest BCUT2D eigenvalue weighted by Gasteiger charge is 2.36. The second-order valence-corrected chi connectivity index (χ2v) is 9.79. The van der Waals surface area contributed by atoms with Crippen LogP contribution in [0.5, 0.6) is 0 Å². The Morgan fingerprint density at radius 1 is 1.09 bits per heavy atom. The molecule has 2 aliphatic rings. The normalized spacial score (nSPS) is 34.5. The number of hydrogen-bond acceptors (Lipinski definition) is 3. The zero-order chi connectivity index (χ0) is 17.3. The van der Waals surface area contributed by atoms with Gasteiger partial charge in [0.05, 0.1) is 12.2 Å². The maximum atomic E-state index is 12.6. The van der Waals surface area contributed by atoms with Gasteiger partial charge in [0, 0.05) is 19.1 Å². The Kier molecular flexibility index (Phi) is 6.15. The second kappa shape index (κ2) is 7.38. The Balaban J connectivity index is 1.90. The quantitative estimate of drug-likeness (QED) is 0.833. The third-order valence-electron chi connectivity index (χ3n) is 5.79. The van der Waals surface area contributed by atoms with Crippen LogP contribution >= 0.6 is 0 Å². The number of morpholine rings is 1. The number of hydrogen-bond donors (Lipinski definition) is 1. The first-order valence-corrected chi connectivity index (χ1v) is 10.5. The summed E-state index contributed by atoms with van der Waals surface area (Å²) in [5.41, 5.74) is 0.360. The minimum atomic E-state index is -3.40. The predicted molar refractivity (Wildman–Crippen MR) is 93.5 cm³/mol. The first-order chi connectivity index (χ1) is 10.6. The fraction of sp³-hybridized carbons (Fsp3) is 1.00. The zero-order valence-electron chi connectivity index (χ0n) is 15.3. The van der Waals surface area contributed by atoms with Crippen molar-refractivity contribution in [2.45, 2.75) is 85.0 Å². The topological polar surface area (TPSA) is 58.6 Å². The van der Waals surface area contributed by atoms with Crippen LogP contribution in [0.4, 0.5) is 0 Å². The molecule has 2 rings (SSSR count).